The van der Waals surface area contributed by atoms with E-state index in [1.54, 1.807) is 0 Å². The highest BCUT2D eigenvalue weighted by Crippen LogP contribution is 2.49. The minimum atomic E-state index is -0.490. The molecule has 2 rings (SSSR count). The van der Waals surface area contributed by atoms with Gasteiger partial charge in [0.05, 0.1) is 12.1 Å². The van der Waals surface area contributed by atoms with Crippen LogP contribution in [0.4, 0.5) is 4.79 Å². The summed E-state index contributed by atoms with van der Waals surface area (Å²) >= 11 is 0. The summed E-state index contributed by atoms with van der Waals surface area (Å²) in [5.41, 5.74) is -0.229. The number of aliphatic hydroxyl groups is 1. The fraction of sp³-hybridized carbons (Fsp3) is 0.933. The van der Waals surface area contributed by atoms with Gasteiger partial charge in [0.15, 0.2) is 0 Å². The van der Waals surface area contributed by atoms with E-state index in [-0.39, 0.29) is 11.5 Å². The standard InChI is InChI=1S/C15H27NO3/c1-14(2,3)19-13(18)16-11-9-15(10-12(11)17)7-5-4-6-8-15/h11-12,17H,4-10H2,1-3H3,(H,16,18)/t11-,12+/m0/s1. The highest BCUT2D eigenvalue weighted by Gasteiger charge is 2.45. The van der Waals surface area contributed by atoms with Gasteiger partial charge in [-0.2, -0.15) is 0 Å². The summed E-state index contributed by atoms with van der Waals surface area (Å²) in [6.07, 6.45) is 7.09. The summed E-state index contributed by atoms with van der Waals surface area (Å²) in [7, 11) is 0. The zero-order valence-electron chi connectivity index (χ0n) is 12.4. The first kappa shape index (κ1) is 14.6. The molecule has 0 aromatic heterocycles. The number of carbonyl (C=O) groups excluding carboxylic acids is 1. The van der Waals surface area contributed by atoms with Gasteiger partial charge >= 0.3 is 6.09 Å². The molecule has 2 aliphatic carbocycles. The number of carbonyl (C=O) groups is 1. The van der Waals surface area contributed by atoms with Gasteiger partial charge in [-0.3, -0.25) is 0 Å². The van der Waals surface area contributed by atoms with E-state index >= 15 is 0 Å². The molecule has 2 atom stereocenters. The van der Waals surface area contributed by atoms with E-state index in [0.29, 0.717) is 0 Å². The SMILES string of the molecule is CC(C)(C)OC(=O)N[C@H]1CC2(CCCCC2)C[C@H]1O. The molecule has 0 heterocycles. The molecule has 19 heavy (non-hydrogen) atoms. The lowest BCUT2D eigenvalue weighted by Gasteiger charge is -2.33. The number of amides is 1. The van der Waals surface area contributed by atoms with Gasteiger partial charge in [-0.15, -0.1) is 0 Å². The van der Waals surface area contributed by atoms with Crippen LogP contribution in [0.25, 0.3) is 0 Å². The van der Waals surface area contributed by atoms with E-state index in [1.807, 2.05) is 20.8 Å². The second kappa shape index (κ2) is 5.31. The van der Waals surface area contributed by atoms with Gasteiger partial charge in [-0.05, 0) is 51.9 Å². The van der Waals surface area contributed by atoms with Crippen molar-refractivity contribution >= 4 is 6.09 Å². The van der Waals surface area contributed by atoms with E-state index in [9.17, 15) is 9.90 Å². The lowest BCUT2D eigenvalue weighted by molar-refractivity contribution is 0.0450. The Kier molecular flexibility index (Phi) is 4.09. The lowest BCUT2D eigenvalue weighted by atomic mass is 9.73. The number of rotatable bonds is 1. The molecule has 0 aliphatic heterocycles. The van der Waals surface area contributed by atoms with Gasteiger partial charge < -0.3 is 15.2 Å². The summed E-state index contributed by atoms with van der Waals surface area (Å²) in [5.74, 6) is 0. The zero-order chi connectivity index (χ0) is 14.1. The average molecular weight is 269 g/mol. The van der Waals surface area contributed by atoms with Crippen molar-refractivity contribution in [3.05, 3.63) is 0 Å². The summed E-state index contributed by atoms with van der Waals surface area (Å²) in [5, 5.41) is 13.0. The van der Waals surface area contributed by atoms with Crippen LogP contribution in [0.15, 0.2) is 0 Å². The van der Waals surface area contributed by atoms with Gasteiger partial charge in [0.1, 0.15) is 5.60 Å². The Morgan fingerprint density at radius 2 is 1.84 bits per heavy atom. The number of hydrogen-bond acceptors (Lipinski definition) is 3. The molecule has 0 unspecified atom stereocenters. The topological polar surface area (TPSA) is 58.6 Å². The van der Waals surface area contributed by atoms with Crippen LogP contribution in [0.5, 0.6) is 0 Å². The van der Waals surface area contributed by atoms with Crippen LogP contribution in [0.2, 0.25) is 0 Å². The van der Waals surface area contributed by atoms with Crippen molar-refractivity contribution < 1.29 is 14.6 Å². The minimum Gasteiger partial charge on any atom is -0.444 e. The Labute approximate surface area is 115 Å². The van der Waals surface area contributed by atoms with Crippen LogP contribution in [-0.2, 0) is 4.74 Å². The molecule has 2 N–H and O–H groups in total. The van der Waals surface area contributed by atoms with Crippen molar-refractivity contribution in [3.8, 4) is 0 Å². The van der Waals surface area contributed by atoms with Crippen LogP contribution >= 0.6 is 0 Å². The maximum Gasteiger partial charge on any atom is 0.407 e. The molecule has 0 aromatic carbocycles. The molecule has 1 amide bonds. The van der Waals surface area contributed by atoms with E-state index in [2.05, 4.69) is 5.32 Å². The molecule has 2 aliphatic rings. The second-order valence-corrected chi connectivity index (χ2v) is 7.29. The molecular weight excluding hydrogens is 242 g/mol. The van der Waals surface area contributed by atoms with Crippen LogP contribution in [0.3, 0.4) is 0 Å². The van der Waals surface area contributed by atoms with Gasteiger partial charge in [0.2, 0.25) is 0 Å². The average Bonchev–Trinajstić information content (AvgIpc) is 2.53. The summed E-state index contributed by atoms with van der Waals surface area (Å²) in [6, 6.07) is -0.145. The van der Waals surface area contributed by atoms with Crippen LogP contribution in [0.1, 0.15) is 65.7 Å². The van der Waals surface area contributed by atoms with Crippen molar-refractivity contribution in [3.63, 3.8) is 0 Å². The van der Waals surface area contributed by atoms with Crippen molar-refractivity contribution in [2.45, 2.75) is 83.5 Å². The van der Waals surface area contributed by atoms with Gasteiger partial charge in [-0.25, -0.2) is 4.79 Å². The third kappa shape index (κ3) is 3.85. The van der Waals surface area contributed by atoms with Crippen LogP contribution < -0.4 is 5.32 Å². The predicted octanol–water partition coefficient (Wildman–Crippen LogP) is 2.98. The Hall–Kier alpha value is -0.770. The molecule has 110 valence electrons. The minimum absolute atomic E-state index is 0.145. The maximum atomic E-state index is 11.8. The smallest absolute Gasteiger partial charge is 0.407 e. The third-order valence-electron chi connectivity index (χ3n) is 4.38. The summed E-state index contributed by atoms with van der Waals surface area (Å²) in [4.78, 5) is 11.8. The molecule has 2 saturated carbocycles. The molecule has 4 nitrogen and oxygen atoms in total. The largest absolute Gasteiger partial charge is 0.444 e. The highest BCUT2D eigenvalue weighted by molar-refractivity contribution is 5.68. The maximum absolute atomic E-state index is 11.8. The molecular formula is C15H27NO3. The molecule has 2 fully saturated rings. The molecule has 0 saturated heterocycles. The molecule has 0 aromatic rings. The fourth-order valence-electron chi connectivity index (χ4n) is 3.59. The molecule has 1 spiro atoms. The Balaban J connectivity index is 1.89. The monoisotopic (exact) mass is 269 g/mol. The number of hydrogen-bond donors (Lipinski definition) is 2. The summed E-state index contributed by atoms with van der Waals surface area (Å²) in [6.45, 7) is 5.54. The lowest BCUT2D eigenvalue weighted by Crippen LogP contribution is -2.42. The first-order chi connectivity index (χ1) is 8.80. The van der Waals surface area contributed by atoms with Crippen LogP contribution in [-0.4, -0.2) is 28.9 Å². The quantitative estimate of drug-likeness (QED) is 0.769. The van der Waals surface area contributed by atoms with E-state index < -0.39 is 17.8 Å². The summed E-state index contributed by atoms with van der Waals surface area (Å²) < 4.78 is 5.26. The van der Waals surface area contributed by atoms with Gasteiger partial charge in [0, 0.05) is 0 Å². The first-order valence-electron chi connectivity index (χ1n) is 7.47. The number of nitrogens with one attached hydrogen (secondary N) is 1. The number of alkyl carbamates (subject to hydrolysis) is 1. The number of ether oxygens (including phenoxy) is 1. The second-order valence-electron chi connectivity index (χ2n) is 7.29. The predicted molar refractivity (Wildman–Crippen MR) is 73.9 cm³/mol. The zero-order valence-corrected chi connectivity index (χ0v) is 12.4. The van der Waals surface area contributed by atoms with E-state index in [1.165, 1.54) is 32.1 Å². The first-order valence-corrected chi connectivity index (χ1v) is 7.47. The van der Waals surface area contributed by atoms with Crippen molar-refractivity contribution in [2.24, 2.45) is 5.41 Å². The Morgan fingerprint density at radius 3 is 2.42 bits per heavy atom. The van der Waals surface area contributed by atoms with Crippen molar-refractivity contribution in [1.29, 1.82) is 0 Å². The highest BCUT2D eigenvalue weighted by atomic mass is 16.6. The Morgan fingerprint density at radius 1 is 1.21 bits per heavy atom. The number of aliphatic hydroxyl groups excluding tert-OH is 1. The molecule has 0 bridgehead atoms. The molecule has 4 heteroatoms. The van der Waals surface area contributed by atoms with Gasteiger partial charge in [-0.1, -0.05) is 19.3 Å². The van der Waals surface area contributed by atoms with Crippen LogP contribution in [0, 0.1) is 5.41 Å². The van der Waals surface area contributed by atoms with Gasteiger partial charge in [0.25, 0.3) is 0 Å². The third-order valence-corrected chi connectivity index (χ3v) is 4.38. The van der Waals surface area contributed by atoms with Crippen molar-refractivity contribution in [2.75, 3.05) is 0 Å². The normalized spacial score (nSPS) is 30.3. The van der Waals surface area contributed by atoms with E-state index in [0.717, 1.165) is 12.8 Å². The Bertz CT molecular complexity index is 329. The fourth-order valence-corrected chi connectivity index (χ4v) is 3.59. The molecule has 0 radical (unpaired) electrons. The van der Waals surface area contributed by atoms with E-state index in [4.69, 9.17) is 4.74 Å². The van der Waals surface area contributed by atoms with Crippen molar-refractivity contribution in [1.82, 2.24) is 5.32 Å².